The van der Waals surface area contributed by atoms with Crippen molar-refractivity contribution in [1.82, 2.24) is 9.62 Å². The molecule has 1 aromatic carbocycles. The lowest BCUT2D eigenvalue weighted by atomic mass is 10.0. The molecule has 0 heterocycles. The van der Waals surface area contributed by atoms with E-state index in [1.165, 1.54) is 28.6 Å². The summed E-state index contributed by atoms with van der Waals surface area (Å²) in [4.78, 5) is 35.4. The van der Waals surface area contributed by atoms with Gasteiger partial charge in [-0.25, -0.2) is 13.2 Å². The minimum atomic E-state index is -3.73. The summed E-state index contributed by atoms with van der Waals surface area (Å²) in [5.74, 6) is -2.57. The van der Waals surface area contributed by atoms with Gasteiger partial charge in [-0.05, 0) is 24.1 Å². The Balaban J connectivity index is 3.06. The van der Waals surface area contributed by atoms with Gasteiger partial charge in [0.15, 0.2) is 6.61 Å². The Labute approximate surface area is 165 Å². The molecule has 1 aromatic rings. The molecular weight excluding hydrogens is 386 g/mol. The summed E-state index contributed by atoms with van der Waals surface area (Å²) in [5.41, 5.74) is 5.03. The third-order valence-corrected chi connectivity index (χ3v) is 6.05. The fourth-order valence-corrected chi connectivity index (χ4v) is 3.97. The zero-order valence-electron chi connectivity index (χ0n) is 16.5. The van der Waals surface area contributed by atoms with Crippen LogP contribution in [-0.4, -0.2) is 56.2 Å². The molecule has 1 rings (SSSR count). The number of primary amides is 1. The number of amides is 2. The molecule has 0 aliphatic carbocycles. The number of rotatable bonds is 10. The van der Waals surface area contributed by atoms with Crippen LogP contribution in [0.2, 0.25) is 0 Å². The Hall–Kier alpha value is -2.46. The van der Waals surface area contributed by atoms with E-state index in [0.29, 0.717) is 13.1 Å². The fourth-order valence-electron chi connectivity index (χ4n) is 2.46. The van der Waals surface area contributed by atoms with Crippen molar-refractivity contribution in [1.29, 1.82) is 0 Å². The van der Waals surface area contributed by atoms with E-state index in [0.717, 1.165) is 0 Å². The SMILES string of the molecule is CCN(CC)S(=O)(=O)c1cccc(C(=O)N[C@@H](C(=O)OCC(N)=O)C(C)C)c1. The molecule has 3 N–H and O–H groups in total. The third-order valence-electron chi connectivity index (χ3n) is 4.00. The zero-order valence-corrected chi connectivity index (χ0v) is 17.3. The number of benzene rings is 1. The average Bonchev–Trinajstić information content (AvgIpc) is 2.64. The van der Waals surface area contributed by atoms with E-state index in [4.69, 9.17) is 10.5 Å². The van der Waals surface area contributed by atoms with Gasteiger partial charge in [-0.3, -0.25) is 9.59 Å². The molecule has 156 valence electrons. The van der Waals surface area contributed by atoms with E-state index in [-0.39, 0.29) is 16.4 Å². The van der Waals surface area contributed by atoms with Crippen molar-refractivity contribution in [3.05, 3.63) is 29.8 Å². The van der Waals surface area contributed by atoms with Crippen LogP contribution in [-0.2, 0) is 24.3 Å². The van der Waals surface area contributed by atoms with Crippen molar-refractivity contribution in [2.45, 2.75) is 38.6 Å². The van der Waals surface area contributed by atoms with Gasteiger partial charge in [-0.15, -0.1) is 0 Å². The molecule has 0 saturated carbocycles. The van der Waals surface area contributed by atoms with Gasteiger partial charge in [0.25, 0.3) is 11.8 Å². The van der Waals surface area contributed by atoms with Crippen LogP contribution in [0, 0.1) is 5.92 Å². The molecule has 0 fully saturated rings. The van der Waals surface area contributed by atoms with Crippen LogP contribution in [0.15, 0.2) is 29.2 Å². The third kappa shape index (κ3) is 6.03. The average molecular weight is 413 g/mol. The summed E-state index contributed by atoms with van der Waals surface area (Å²) >= 11 is 0. The highest BCUT2D eigenvalue weighted by Crippen LogP contribution is 2.17. The van der Waals surface area contributed by atoms with Gasteiger partial charge in [0.1, 0.15) is 6.04 Å². The number of carbonyl (C=O) groups is 3. The van der Waals surface area contributed by atoms with Crippen molar-refractivity contribution < 1.29 is 27.5 Å². The molecule has 0 saturated heterocycles. The molecule has 0 spiro atoms. The summed E-state index contributed by atoms with van der Waals surface area (Å²) in [6.45, 7) is 6.85. The molecule has 2 amide bonds. The van der Waals surface area contributed by atoms with Gasteiger partial charge < -0.3 is 15.8 Å². The second-order valence-corrected chi connectivity index (χ2v) is 8.32. The van der Waals surface area contributed by atoms with Crippen LogP contribution in [0.25, 0.3) is 0 Å². The topological polar surface area (TPSA) is 136 Å². The van der Waals surface area contributed by atoms with Gasteiger partial charge in [0.2, 0.25) is 10.0 Å². The molecule has 1 atom stereocenters. The van der Waals surface area contributed by atoms with Crippen molar-refractivity contribution in [2.24, 2.45) is 11.7 Å². The Morgan fingerprint density at radius 3 is 2.29 bits per heavy atom. The summed E-state index contributed by atoms with van der Waals surface area (Å²) in [6.07, 6.45) is 0. The number of nitrogens with zero attached hydrogens (tertiary/aromatic N) is 1. The van der Waals surface area contributed by atoms with Gasteiger partial charge in [-0.1, -0.05) is 33.8 Å². The van der Waals surface area contributed by atoms with E-state index in [1.54, 1.807) is 27.7 Å². The first-order valence-electron chi connectivity index (χ1n) is 8.90. The Bertz CT molecular complexity index is 818. The van der Waals surface area contributed by atoms with E-state index in [2.05, 4.69) is 5.32 Å². The first-order valence-corrected chi connectivity index (χ1v) is 10.3. The lowest BCUT2D eigenvalue weighted by Gasteiger charge is -2.21. The molecular formula is C18H27N3O6S. The number of carbonyl (C=O) groups excluding carboxylic acids is 3. The number of sulfonamides is 1. The van der Waals surface area contributed by atoms with Crippen molar-refractivity contribution in [2.75, 3.05) is 19.7 Å². The van der Waals surface area contributed by atoms with Crippen LogP contribution in [0.3, 0.4) is 0 Å². The smallest absolute Gasteiger partial charge is 0.329 e. The molecule has 0 aromatic heterocycles. The molecule has 0 aliphatic heterocycles. The second kappa shape index (κ2) is 10.2. The monoisotopic (exact) mass is 413 g/mol. The highest BCUT2D eigenvalue weighted by atomic mass is 32.2. The van der Waals surface area contributed by atoms with Crippen molar-refractivity contribution in [3.8, 4) is 0 Å². The second-order valence-electron chi connectivity index (χ2n) is 6.39. The molecule has 0 unspecified atom stereocenters. The first kappa shape index (κ1) is 23.6. The number of esters is 1. The standard InChI is InChI=1S/C18H27N3O6S/c1-5-21(6-2)28(25,26)14-9-7-8-13(10-14)17(23)20-16(12(3)4)18(24)27-11-15(19)22/h7-10,12,16H,5-6,11H2,1-4H3,(H2,19,22)(H,20,23)/t16-/m1/s1. The zero-order chi connectivity index (χ0) is 21.5. The number of ether oxygens (including phenoxy) is 1. The Kier molecular flexibility index (Phi) is 8.58. The minimum absolute atomic E-state index is 0.0127. The summed E-state index contributed by atoms with van der Waals surface area (Å²) in [6, 6.07) is 4.56. The molecule has 28 heavy (non-hydrogen) atoms. The molecule has 0 bridgehead atoms. The van der Waals surface area contributed by atoms with E-state index in [9.17, 15) is 22.8 Å². The van der Waals surface area contributed by atoms with Crippen LogP contribution in [0.5, 0.6) is 0 Å². The lowest BCUT2D eigenvalue weighted by molar-refractivity contribution is -0.150. The normalized spacial score (nSPS) is 12.6. The summed E-state index contributed by atoms with van der Waals surface area (Å²) in [5, 5.41) is 2.52. The molecule has 0 aliphatic rings. The Morgan fingerprint density at radius 2 is 1.79 bits per heavy atom. The summed E-state index contributed by atoms with van der Waals surface area (Å²) in [7, 11) is -3.73. The molecule has 0 radical (unpaired) electrons. The summed E-state index contributed by atoms with van der Waals surface area (Å²) < 4.78 is 31.3. The quantitative estimate of drug-likeness (QED) is 0.536. The van der Waals surface area contributed by atoms with E-state index in [1.807, 2.05) is 0 Å². The number of hydrogen-bond donors (Lipinski definition) is 2. The van der Waals surface area contributed by atoms with Gasteiger partial charge >= 0.3 is 5.97 Å². The van der Waals surface area contributed by atoms with E-state index >= 15 is 0 Å². The maximum absolute atomic E-state index is 12.6. The van der Waals surface area contributed by atoms with Crippen molar-refractivity contribution in [3.63, 3.8) is 0 Å². The van der Waals surface area contributed by atoms with Gasteiger partial charge in [0, 0.05) is 18.7 Å². The number of nitrogens with one attached hydrogen (secondary N) is 1. The van der Waals surface area contributed by atoms with Crippen LogP contribution >= 0.6 is 0 Å². The van der Waals surface area contributed by atoms with Crippen LogP contribution < -0.4 is 11.1 Å². The lowest BCUT2D eigenvalue weighted by Crippen LogP contribution is -2.46. The maximum Gasteiger partial charge on any atom is 0.329 e. The van der Waals surface area contributed by atoms with Crippen LogP contribution in [0.4, 0.5) is 0 Å². The fraction of sp³-hybridized carbons (Fsp3) is 0.500. The minimum Gasteiger partial charge on any atom is -0.454 e. The Morgan fingerprint density at radius 1 is 1.18 bits per heavy atom. The van der Waals surface area contributed by atoms with Crippen molar-refractivity contribution >= 4 is 27.8 Å². The molecule has 10 heteroatoms. The number of nitrogens with two attached hydrogens (primary N) is 1. The molecule has 9 nitrogen and oxygen atoms in total. The predicted octanol–water partition coefficient (Wildman–Crippen LogP) is 0.500. The maximum atomic E-state index is 12.6. The number of hydrogen-bond acceptors (Lipinski definition) is 6. The highest BCUT2D eigenvalue weighted by molar-refractivity contribution is 7.89. The van der Waals surface area contributed by atoms with Gasteiger partial charge in [-0.2, -0.15) is 4.31 Å². The first-order chi connectivity index (χ1) is 13.0. The van der Waals surface area contributed by atoms with Gasteiger partial charge in [0.05, 0.1) is 4.90 Å². The predicted molar refractivity (Wildman–Crippen MR) is 103 cm³/mol. The largest absolute Gasteiger partial charge is 0.454 e. The van der Waals surface area contributed by atoms with E-state index < -0.39 is 40.5 Å². The van der Waals surface area contributed by atoms with Crippen LogP contribution in [0.1, 0.15) is 38.1 Å². The highest BCUT2D eigenvalue weighted by Gasteiger charge is 2.28.